The Morgan fingerprint density at radius 2 is 2.21 bits per heavy atom. The second-order valence-electron chi connectivity index (χ2n) is 4.93. The Hall–Kier alpha value is -1.00. The van der Waals surface area contributed by atoms with Gasteiger partial charge in [-0.3, -0.25) is 4.79 Å². The van der Waals surface area contributed by atoms with Crippen LogP contribution in [0.5, 0.6) is 0 Å². The summed E-state index contributed by atoms with van der Waals surface area (Å²) in [4.78, 5) is 13.0. The van der Waals surface area contributed by atoms with Crippen LogP contribution in [-0.4, -0.2) is 31.3 Å². The lowest BCUT2D eigenvalue weighted by molar-refractivity contribution is -0.121. The maximum Gasteiger partial charge on any atom is 0.220 e. The first-order valence-electron chi connectivity index (χ1n) is 7.00. The molecule has 1 atom stereocenters. The molecule has 0 bridgehead atoms. The lowest BCUT2D eigenvalue weighted by atomic mass is 10.0. The van der Waals surface area contributed by atoms with Crippen LogP contribution in [0.4, 0.5) is 0 Å². The van der Waals surface area contributed by atoms with E-state index in [9.17, 15) is 4.79 Å². The van der Waals surface area contributed by atoms with E-state index in [4.69, 9.17) is 0 Å². The monoisotopic (exact) mass is 278 g/mol. The van der Waals surface area contributed by atoms with Crippen LogP contribution in [0.25, 0.3) is 0 Å². The molecule has 4 heteroatoms. The molecule has 0 aromatic heterocycles. The second-order valence-corrected chi connectivity index (χ2v) is 6.10. The van der Waals surface area contributed by atoms with Gasteiger partial charge in [0, 0.05) is 17.9 Å². The third kappa shape index (κ3) is 5.66. The number of hydrogen-bond donors (Lipinski definition) is 2. The van der Waals surface area contributed by atoms with Gasteiger partial charge in [0.25, 0.3) is 0 Å². The molecular formula is C15H22N2OS. The van der Waals surface area contributed by atoms with Gasteiger partial charge in [-0.2, -0.15) is 0 Å². The molecule has 0 saturated carbocycles. The lowest BCUT2D eigenvalue weighted by Crippen LogP contribution is -2.27. The van der Waals surface area contributed by atoms with E-state index in [0.717, 1.165) is 38.2 Å². The summed E-state index contributed by atoms with van der Waals surface area (Å²) in [5, 5.41) is 6.30. The van der Waals surface area contributed by atoms with Gasteiger partial charge in [0.2, 0.25) is 5.91 Å². The van der Waals surface area contributed by atoms with Crippen molar-refractivity contribution in [2.45, 2.75) is 24.2 Å². The molecule has 2 N–H and O–H groups in total. The maximum atomic E-state index is 11.7. The third-order valence-corrected chi connectivity index (χ3v) is 4.39. The fraction of sp³-hybridized carbons (Fsp3) is 0.533. The van der Waals surface area contributed by atoms with Gasteiger partial charge in [-0.15, -0.1) is 11.8 Å². The zero-order valence-electron chi connectivity index (χ0n) is 11.2. The standard InChI is InChI=1S/C15H22N2OS/c18-15(11-13-7-9-16-12-13)17-8-4-10-19-14-5-2-1-3-6-14/h1-3,5-6,13,16H,4,7-12H2,(H,17,18). The number of amides is 1. The summed E-state index contributed by atoms with van der Waals surface area (Å²) < 4.78 is 0. The Labute approximate surface area is 119 Å². The molecule has 1 saturated heterocycles. The van der Waals surface area contributed by atoms with Crippen LogP contribution >= 0.6 is 11.8 Å². The van der Waals surface area contributed by atoms with Crippen LogP contribution in [-0.2, 0) is 4.79 Å². The number of hydrogen-bond acceptors (Lipinski definition) is 3. The van der Waals surface area contributed by atoms with E-state index in [0.29, 0.717) is 12.3 Å². The Bertz CT molecular complexity index is 377. The van der Waals surface area contributed by atoms with E-state index in [1.54, 1.807) is 0 Å². The topological polar surface area (TPSA) is 41.1 Å². The molecule has 1 aromatic carbocycles. The summed E-state index contributed by atoms with van der Waals surface area (Å²) in [6.07, 6.45) is 2.84. The predicted molar refractivity (Wildman–Crippen MR) is 80.4 cm³/mol. The fourth-order valence-electron chi connectivity index (χ4n) is 2.23. The van der Waals surface area contributed by atoms with E-state index in [-0.39, 0.29) is 5.91 Å². The molecule has 3 nitrogen and oxygen atoms in total. The van der Waals surface area contributed by atoms with Crippen LogP contribution in [0.3, 0.4) is 0 Å². The van der Waals surface area contributed by atoms with Gasteiger partial charge in [0.1, 0.15) is 0 Å². The molecule has 1 aliphatic heterocycles. The normalized spacial score (nSPS) is 18.4. The van der Waals surface area contributed by atoms with Crippen molar-refractivity contribution in [3.05, 3.63) is 30.3 Å². The van der Waals surface area contributed by atoms with Crippen molar-refractivity contribution >= 4 is 17.7 Å². The van der Waals surface area contributed by atoms with Crippen molar-refractivity contribution < 1.29 is 4.79 Å². The van der Waals surface area contributed by atoms with Gasteiger partial charge >= 0.3 is 0 Å². The molecule has 0 radical (unpaired) electrons. The Morgan fingerprint density at radius 3 is 2.95 bits per heavy atom. The molecule has 1 aromatic rings. The van der Waals surface area contributed by atoms with Crippen molar-refractivity contribution in [1.29, 1.82) is 0 Å². The van der Waals surface area contributed by atoms with Gasteiger partial charge in [0.15, 0.2) is 0 Å². The van der Waals surface area contributed by atoms with E-state index < -0.39 is 0 Å². The molecule has 0 aliphatic carbocycles. The molecule has 1 unspecified atom stereocenters. The van der Waals surface area contributed by atoms with Crippen LogP contribution in [0.1, 0.15) is 19.3 Å². The van der Waals surface area contributed by atoms with E-state index in [1.807, 2.05) is 17.8 Å². The summed E-state index contributed by atoms with van der Waals surface area (Å²) in [5.41, 5.74) is 0. The number of nitrogens with one attached hydrogen (secondary N) is 2. The second kappa shape index (κ2) is 8.23. The van der Waals surface area contributed by atoms with Crippen molar-refractivity contribution in [3.63, 3.8) is 0 Å². The summed E-state index contributed by atoms with van der Waals surface area (Å²) in [6.45, 7) is 2.85. The first kappa shape index (κ1) is 14.4. The Kier molecular flexibility index (Phi) is 6.24. The lowest BCUT2D eigenvalue weighted by Gasteiger charge is -2.09. The largest absolute Gasteiger partial charge is 0.356 e. The molecule has 1 heterocycles. The minimum absolute atomic E-state index is 0.207. The molecule has 19 heavy (non-hydrogen) atoms. The van der Waals surface area contributed by atoms with E-state index in [2.05, 4.69) is 34.9 Å². The maximum absolute atomic E-state index is 11.7. The van der Waals surface area contributed by atoms with Crippen LogP contribution in [0.2, 0.25) is 0 Å². The highest BCUT2D eigenvalue weighted by molar-refractivity contribution is 7.99. The van der Waals surface area contributed by atoms with Crippen LogP contribution in [0.15, 0.2) is 35.2 Å². The summed E-state index contributed by atoms with van der Waals surface area (Å²) in [5.74, 6) is 1.80. The number of rotatable bonds is 7. The highest BCUT2D eigenvalue weighted by atomic mass is 32.2. The van der Waals surface area contributed by atoms with Crippen molar-refractivity contribution in [2.24, 2.45) is 5.92 Å². The first-order valence-corrected chi connectivity index (χ1v) is 7.98. The number of carbonyl (C=O) groups excluding carboxylic acids is 1. The molecule has 1 aliphatic rings. The van der Waals surface area contributed by atoms with Gasteiger partial charge in [-0.25, -0.2) is 0 Å². The fourth-order valence-corrected chi connectivity index (χ4v) is 3.10. The zero-order chi connectivity index (χ0) is 13.3. The minimum atomic E-state index is 0.207. The number of carbonyl (C=O) groups is 1. The smallest absolute Gasteiger partial charge is 0.220 e. The Balaban J connectivity index is 1.50. The minimum Gasteiger partial charge on any atom is -0.356 e. The number of thioether (sulfide) groups is 1. The average molecular weight is 278 g/mol. The van der Waals surface area contributed by atoms with Gasteiger partial charge < -0.3 is 10.6 Å². The summed E-state index contributed by atoms with van der Waals surface area (Å²) in [7, 11) is 0. The highest BCUT2D eigenvalue weighted by Gasteiger charge is 2.17. The molecular weight excluding hydrogens is 256 g/mol. The average Bonchev–Trinajstić information content (AvgIpc) is 2.92. The van der Waals surface area contributed by atoms with Crippen molar-refractivity contribution in [2.75, 3.05) is 25.4 Å². The van der Waals surface area contributed by atoms with Gasteiger partial charge in [-0.05, 0) is 49.7 Å². The van der Waals surface area contributed by atoms with Crippen LogP contribution in [0, 0.1) is 5.92 Å². The molecule has 104 valence electrons. The van der Waals surface area contributed by atoms with Crippen molar-refractivity contribution in [1.82, 2.24) is 10.6 Å². The molecule has 1 amide bonds. The zero-order valence-corrected chi connectivity index (χ0v) is 12.0. The summed E-state index contributed by atoms with van der Waals surface area (Å²) >= 11 is 1.84. The Morgan fingerprint density at radius 1 is 1.37 bits per heavy atom. The van der Waals surface area contributed by atoms with Gasteiger partial charge in [-0.1, -0.05) is 18.2 Å². The highest BCUT2D eigenvalue weighted by Crippen LogP contribution is 2.17. The predicted octanol–water partition coefficient (Wildman–Crippen LogP) is 2.28. The van der Waals surface area contributed by atoms with E-state index >= 15 is 0 Å². The molecule has 2 rings (SSSR count). The summed E-state index contributed by atoms with van der Waals surface area (Å²) in [6, 6.07) is 10.4. The molecule has 1 fully saturated rings. The van der Waals surface area contributed by atoms with Gasteiger partial charge in [0.05, 0.1) is 0 Å². The quantitative estimate of drug-likeness (QED) is 0.594. The SMILES string of the molecule is O=C(CC1CCNC1)NCCCSc1ccccc1. The van der Waals surface area contributed by atoms with Crippen molar-refractivity contribution in [3.8, 4) is 0 Å². The first-order chi connectivity index (χ1) is 9.34. The third-order valence-electron chi connectivity index (χ3n) is 3.29. The van der Waals surface area contributed by atoms with E-state index in [1.165, 1.54) is 4.90 Å². The van der Waals surface area contributed by atoms with Crippen LogP contribution < -0.4 is 10.6 Å². The number of benzene rings is 1. The molecule has 0 spiro atoms.